The summed E-state index contributed by atoms with van der Waals surface area (Å²) >= 11 is 0. The lowest BCUT2D eigenvalue weighted by Gasteiger charge is -2.42. The molecule has 0 aromatic heterocycles. The van der Waals surface area contributed by atoms with E-state index in [1.807, 2.05) is 0 Å². The first-order valence-corrected chi connectivity index (χ1v) is 16.3. The van der Waals surface area contributed by atoms with Gasteiger partial charge in [0.15, 0.2) is 0 Å². The summed E-state index contributed by atoms with van der Waals surface area (Å²) in [5.74, 6) is 8.53. The highest BCUT2D eigenvalue weighted by Gasteiger charge is 2.54. The molecule has 0 fully saturated rings. The van der Waals surface area contributed by atoms with Gasteiger partial charge in [0.1, 0.15) is 11.5 Å². The summed E-state index contributed by atoms with van der Waals surface area (Å²) in [6.45, 7) is 0. The van der Waals surface area contributed by atoms with Crippen molar-refractivity contribution in [3.63, 3.8) is 0 Å². The van der Waals surface area contributed by atoms with E-state index in [1.165, 1.54) is 66.8 Å². The minimum Gasteiger partial charge on any atom is -0.457 e. The SMILES string of the molecule is C1#CCC=C2C(=C1)c1ccccc1C21c2ccccc2Oc2ccc(C3(c4ccccc4)C4=C(C=CCC4)c4ccccc43)cc21. The van der Waals surface area contributed by atoms with Gasteiger partial charge in [-0.05, 0) is 92.8 Å². The zero-order valence-corrected chi connectivity index (χ0v) is 25.4. The smallest absolute Gasteiger partial charge is 0.132 e. The Kier molecular flexibility index (Phi) is 5.29. The van der Waals surface area contributed by atoms with Crippen LogP contribution in [-0.4, -0.2) is 0 Å². The van der Waals surface area contributed by atoms with Crippen LogP contribution in [0.1, 0.15) is 63.8 Å². The van der Waals surface area contributed by atoms with E-state index in [0.29, 0.717) is 6.42 Å². The molecular weight excluding hydrogens is 556 g/mol. The van der Waals surface area contributed by atoms with Crippen molar-refractivity contribution in [3.05, 3.63) is 201 Å². The summed E-state index contributed by atoms with van der Waals surface area (Å²) in [6, 6.07) is 44.8. The van der Waals surface area contributed by atoms with Crippen LogP contribution < -0.4 is 4.74 Å². The van der Waals surface area contributed by atoms with Gasteiger partial charge in [0.05, 0.1) is 10.8 Å². The fourth-order valence-electron chi connectivity index (χ4n) is 9.17. The van der Waals surface area contributed by atoms with Gasteiger partial charge >= 0.3 is 0 Å². The summed E-state index contributed by atoms with van der Waals surface area (Å²) in [5, 5.41) is 0. The minimum atomic E-state index is -0.532. The van der Waals surface area contributed by atoms with Crippen LogP contribution in [-0.2, 0) is 10.8 Å². The normalized spacial score (nSPS) is 22.5. The highest BCUT2D eigenvalue weighted by atomic mass is 16.5. The predicted molar refractivity (Wildman–Crippen MR) is 186 cm³/mol. The summed E-state index contributed by atoms with van der Waals surface area (Å²) in [7, 11) is 0. The lowest BCUT2D eigenvalue weighted by atomic mass is 9.62. The molecule has 0 saturated heterocycles. The zero-order valence-electron chi connectivity index (χ0n) is 25.4. The van der Waals surface area contributed by atoms with Gasteiger partial charge < -0.3 is 4.74 Å². The molecule has 216 valence electrons. The van der Waals surface area contributed by atoms with Crippen LogP contribution in [0.25, 0.3) is 11.1 Å². The van der Waals surface area contributed by atoms with Gasteiger partial charge in [-0.25, -0.2) is 0 Å². The van der Waals surface area contributed by atoms with Crippen molar-refractivity contribution in [3.8, 4) is 23.3 Å². The van der Waals surface area contributed by atoms with E-state index in [0.717, 1.165) is 24.3 Å². The van der Waals surface area contributed by atoms with Crippen molar-refractivity contribution < 1.29 is 4.74 Å². The molecule has 4 aliphatic carbocycles. The van der Waals surface area contributed by atoms with E-state index in [2.05, 4.69) is 157 Å². The Labute approximate surface area is 269 Å². The molecule has 46 heavy (non-hydrogen) atoms. The summed E-state index contributed by atoms with van der Waals surface area (Å²) in [6.07, 6.45) is 12.0. The highest BCUT2D eigenvalue weighted by molar-refractivity contribution is 5.97. The molecule has 0 bridgehead atoms. The van der Waals surface area contributed by atoms with E-state index >= 15 is 0 Å². The van der Waals surface area contributed by atoms with Crippen molar-refractivity contribution in [2.45, 2.75) is 30.1 Å². The lowest BCUT2D eigenvalue weighted by molar-refractivity contribution is 0.435. The molecule has 1 heterocycles. The van der Waals surface area contributed by atoms with Gasteiger partial charge in [-0.1, -0.05) is 133 Å². The molecule has 5 aromatic carbocycles. The third kappa shape index (κ3) is 3.11. The first kappa shape index (κ1) is 25.7. The van der Waals surface area contributed by atoms with Crippen molar-refractivity contribution >= 4 is 11.1 Å². The first-order valence-electron chi connectivity index (χ1n) is 16.3. The van der Waals surface area contributed by atoms with E-state index in [4.69, 9.17) is 4.74 Å². The summed E-state index contributed by atoms with van der Waals surface area (Å²) in [4.78, 5) is 0. The maximum Gasteiger partial charge on any atom is 0.132 e. The Morgan fingerprint density at radius 2 is 1.33 bits per heavy atom. The van der Waals surface area contributed by atoms with Gasteiger partial charge in [0.25, 0.3) is 0 Å². The molecule has 0 N–H and O–H groups in total. The van der Waals surface area contributed by atoms with Gasteiger partial charge in [0, 0.05) is 17.5 Å². The minimum absolute atomic E-state index is 0.414. The second-order valence-corrected chi connectivity index (χ2v) is 12.8. The number of benzene rings is 5. The Morgan fingerprint density at radius 1 is 0.609 bits per heavy atom. The number of para-hydroxylation sites is 1. The van der Waals surface area contributed by atoms with Crippen molar-refractivity contribution in [2.75, 3.05) is 0 Å². The molecule has 0 amide bonds. The van der Waals surface area contributed by atoms with Crippen LogP contribution >= 0.6 is 0 Å². The molecular formula is C45H30O. The fraction of sp³-hybridized carbons (Fsp3) is 0.111. The summed E-state index contributed by atoms with van der Waals surface area (Å²) < 4.78 is 6.82. The van der Waals surface area contributed by atoms with Crippen LogP contribution in [0.2, 0.25) is 0 Å². The van der Waals surface area contributed by atoms with E-state index < -0.39 is 10.8 Å². The molecule has 2 atom stereocenters. The number of hydrogen-bond acceptors (Lipinski definition) is 1. The van der Waals surface area contributed by atoms with Crippen LogP contribution in [0.15, 0.2) is 157 Å². The fourth-order valence-corrected chi connectivity index (χ4v) is 9.17. The Bertz CT molecular complexity index is 2320. The number of fused-ring (bicyclic) bond motifs is 11. The predicted octanol–water partition coefficient (Wildman–Crippen LogP) is 10.3. The molecule has 5 aliphatic rings. The Balaban J connectivity index is 1.34. The van der Waals surface area contributed by atoms with Crippen LogP contribution in [0.5, 0.6) is 11.5 Å². The number of rotatable bonds is 2. The molecule has 1 nitrogen and oxygen atoms in total. The average Bonchev–Trinajstić information content (AvgIpc) is 3.42. The monoisotopic (exact) mass is 586 g/mol. The molecule has 1 heteroatoms. The maximum absolute atomic E-state index is 6.82. The van der Waals surface area contributed by atoms with E-state index in [9.17, 15) is 0 Å². The van der Waals surface area contributed by atoms with E-state index in [1.54, 1.807) is 0 Å². The van der Waals surface area contributed by atoms with Crippen molar-refractivity contribution in [1.29, 1.82) is 0 Å². The lowest BCUT2D eigenvalue weighted by Crippen LogP contribution is -2.34. The largest absolute Gasteiger partial charge is 0.457 e. The van der Waals surface area contributed by atoms with Gasteiger partial charge in [0.2, 0.25) is 0 Å². The molecule has 2 unspecified atom stereocenters. The Morgan fingerprint density at radius 3 is 2.20 bits per heavy atom. The topological polar surface area (TPSA) is 9.23 Å². The van der Waals surface area contributed by atoms with Crippen molar-refractivity contribution in [1.82, 2.24) is 0 Å². The van der Waals surface area contributed by atoms with Gasteiger partial charge in [-0.15, -0.1) is 0 Å². The number of ether oxygens (including phenoxy) is 1. The summed E-state index contributed by atoms with van der Waals surface area (Å²) in [5.41, 5.74) is 14.7. The third-order valence-electron chi connectivity index (χ3n) is 10.8. The quantitative estimate of drug-likeness (QED) is 0.187. The van der Waals surface area contributed by atoms with E-state index in [-0.39, 0.29) is 0 Å². The standard InChI is InChI=1S/C45H30O/c1-3-15-30(16-4-1)44(36-22-10-7-18-32(36)33-19-8-11-23-37(33)44)31-27-28-43-41(29-31)45(40-25-13-14-26-42(40)46-43)38-21-6-2-5-17-34(38)35-20-9-12-24-39(35)45/h1,3-4,7-10,12-22,24-29H,6,11,23H2. The molecule has 0 saturated carbocycles. The highest BCUT2D eigenvalue weighted by Crippen LogP contribution is 2.65. The van der Waals surface area contributed by atoms with Crippen LogP contribution in [0.3, 0.4) is 0 Å². The third-order valence-corrected chi connectivity index (χ3v) is 10.8. The second kappa shape index (κ2) is 9.46. The van der Waals surface area contributed by atoms with Gasteiger partial charge in [-0.3, -0.25) is 0 Å². The molecule has 0 radical (unpaired) electrons. The first-order chi connectivity index (χ1) is 22.8. The van der Waals surface area contributed by atoms with Crippen LogP contribution in [0, 0.1) is 11.8 Å². The molecule has 1 spiro atoms. The van der Waals surface area contributed by atoms with Crippen LogP contribution in [0.4, 0.5) is 0 Å². The number of hydrogen-bond donors (Lipinski definition) is 0. The van der Waals surface area contributed by atoms with Crippen molar-refractivity contribution in [2.24, 2.45) is 0 Å². The maximum atomic E-state index is 6.82. The molecule has 5 aromatic rings. The van der Waals surface area contributed by atoms with Gasteiger partial charge in [-0.2, -0.15) is 0 Å². The Hall–Kier alpha value is -5.58. The molecule has 10 rings (SSSR count). The zero-order chi connectivity index (χ0) is 30.3. The number of allylic oxidation sites excluding steroid dienone is 8. The molecule has 1 aliphatic heterocycles. The second-order valence-electron chi connectivity index (χ2n) is 12.8. The average molecular weight is 587 g/mol.